The number of likely N-dealkylation sites (tertiary alicyclic amines) is 1. The summed E-state index contributed by atoms with van der Waals surface area (Å²) in [6.45, 7) is 3.84. The molecule has 6 heteroatoms. The van der Waals surface area contributed by atoms with Gasteiger partial charge in [-0.2, -0.15) is 0 Å². The molecule has 1 saturated carbocycles. The molecular formula is C29H35FN4O. The lowest BCUT2D eigenvalue weighted by Crippen LogP contribution is -2.48. The van der Waals surface area contributed by atoms with E-state index in [0.29, 0.717) is 0 Å². The number of halogens is 1. The van der Waals surface area contributed by atoms with Crippen LogP contribution in [0.15, 0.2) is 42.5 Å². The number of fused-ring (bicyclic) bond motifs is 3. The third kappa shape index (κ3) is 4.68. The number of hydrogen-bond acceptors (Lipinski definition) is 3. The van der Waals surface area contributed by atoms with Gasteiger partial charge in [0, 0.05) is 78.1 Å². The molecule has 1 amide bonds. The van der Waals surface area contributed by atoms with Gasteiger partial charge in [-0.3, -0.25) is 4.79 Å². The molecule has 2 aliphatic heterocycles. The minimum absolute atomic E-state index is 0.0316. The number of H-pyrrole nitrogens is 1. The number of nitrogens with zero attached hydrogens (tertiary/aromatic N) is 2. The first-order valence-electron chi connectivity index (χ1n) is 13.3. The van der Waals surface area contributed by atoms with Gasteiger partial charge in [0.15, 0.2) is 0 Å². The first-order chi connectivity index (χ1) is 17.1. The predicted octanol–water partition coefficient (Wildman–Crippen LogP) is 5.40. The summed E-state index contributed by atoms with van der Waals surface area (Å²) >= 11 is 0. The number of anilines is 1. The minimum atomic E-state index is -0.214. The van der Waals surface area contributed by atoms with Gasteiger partial charge in [0.05, 0.1) is 0 Å². The lowest BCUT2D eigenvalue weighted by molar-refractivity contribution is 0.0865. The molecule has 3 aliphatic rings. The van der Waals surface area contributed by atoms with E-state index >= 15 is 0 Å². The van der Waals surface area contributed by atoms with Crippen LogP contribution in [0, 0.1) is 5.82 Å². The zero-order chi connectivity index (χ0) is 23.8. The molecule has 1 aromatic heterocycles. The Morgan fingerprint density at radius 2 is 1.71 bits per heavy atom. The molecule has 35 heavy (non-hydrogen) atoms. The monoisotopic (exact) mass is 474 g/mol. The molecule has 0 atom stereocenters. The summed E-state index contributed by atoms with van der Waals surface area (Å²) in [6.07, 6.45) is 9.80. The molecule has 0 radical (unpaired) electrons. The van der Waals surface area contributed by atoms with E-state index in [9.17, 15) is 9.18 Å². The Bertz CT molecular complexity index is 1190. The number of carbonyl (C=O) groups is 1. The van der Waals surface area contributed by atoms with Crippen LogP contribution < -0.4 is 10.2 Å². The summed E-state index contributed by atoms with van der Waals surface area (Å²) in [5, 5.41) is 4.43. The largest absolute Gasteiger partial charge is 0.367 e. The summed E-state index contributed by atoms with van der Waals surface area (Å²) in [4.78, 5) is 21.7. The molecular weight excluding hydrogens is 439 g/mol. The van der Waals surface area contributed by atoms with Crippen LogP contribution in [0.2, 0.25) is 0 Å². The molecule has 2 N–H and O–H groups in total. The number of aromatic amines is 1. The van der Waals surface area contributed by atoms with Crippen molar-refractivity contribution in [2.75, 3.05) is 24.5 Å². The van der Waals surface area contributed by atoms with Crippen LogP contribution in [0.25, 0.3) is 10.9 Å². The zero-order valence-electron chi connectivity index (χ0n) is 20.4. The van der Waals surface area contributed by atoms with Gasteiger partial charge >= 0.3 is 0 Å². The molecule has 3 aromatic rings. The van der Waals surface area contributed by atoms with E-state index in [0.717, 1.165) is 73.6 Å². The molecule has 0 spiro atoms. The van der Waals surface area contributed by atoms with E-state index in [1.165, 1.54) is 55.5 Å². The SMILES string of the molecule is O=C(NC1CCN(C2CCCCC2)CC1)c1ccc2[nH]c3c(c2c1)CN(c1ccc(F)cc1)CC3. The van der Waals surface area contributed by atoms with Crippen LogP contribution in [0.3, 0.4) is 0 Å². The van der Waals surface area contributed by atoms with Gasteiger partial charge in [-0.05, 0) is 68.1 Å². The third-order valence-corrected chi connectivity index (χ3v) is 8.39. The molecule has 1 saturated heterocycles. The number of piperidine rings is 1. The lowest BCUT2D eigenvalue weighted by Gasteiger charge is -2.39. The quantitative estimate of drug-likeness (QED) is 0.533. The molecule has 0 bridgehead atoms. The fourth-order valence-electron chi connectivity index (χ4n) is 6.35. The van der Waals surface area contributed by atoms with Gasteiger partial charge in [-0.25, -0.2) is 4.39 Å². The second-order valence-corrected chi connectivity index (χ2v) is 10.6. The van der Waals surface area contributed by atoms with Crippen molar-refractivity contribution in [2.24, 2.45) is 0 Å². The van der Waals surface area contributed by atoms with Gasteiger partial charge in [0.25, 0.3) is 5.91 Å². The Morgan fingerprint density at radius 1 is 0.943 bits per heavy atom. The molecule has 0 unspecified atom stereocenters. The first kappa shape index (κ1) is 22.6. The van der Waals surface area contributed by atoms with Crippen LogP contribution in [0.5, 0.6) is 0 Å². The van der Waals surface area contributed by atoms with E-state index in [1.54, 1.807) is 0 Å². The normalized spacial score (nSPS) is 20.2. The fraction of sp³-hybridized carbons (Fsp3) is 0.483. The maximum absolute atomic E-state index is 13.4. The van der Waals surface area contributed by atoms with Crippen LogP contribution in [0.4, 0.5) is 10.1 Å². The zero-order valence-corrected chi connectivity index (χ0v) is 20.4. The maximum atomic E-state index is 13.4. The van der Waals surface area contributed by atoms with E-state index < -0.39 is 0 Å². The van der Waals surface area contributed by atoms with Crippen molar-refractivity contribution < 1.29 is 9.18 Å². The van der Waals surface area contributed by atoms with Crippen molar-refractivity contribution in [2.45, 2.75) is 70.0 Å². The molecule has 3 heterocycles. The number of benzene rings is 2. The van der Waals surface area contributed by atoms with Crippen molar-refractivity contribution in [3.8, 4) is 0 Å². The van der Waals surface area contributed by atoms with Crippen LogP contribution >= 0.6 is 0 Å². The predicted molar refractivity (Wildman–Crippen MR) is 138 cm³/mol. The molecule has 6 rings (SSSR count). The maximum Gasteiger partial charge on any atom is 0.251 e. The van der Waals surface area contributed by atoms with Crippen LogP contribution in [0.1, 0.15) is 66.6 Å². The number of rotatable bonds is 4. The standard InChI is InChI=1S/C29H35FN4O/c30-21-7-9-24(10-8-21)34-17-14-28-26(19-34)25-18-20(6-11-27(25)32-28)29(35)31-22-12-15-33(16-13-22)23-4-2-1-3-5-23/h6-11,18,22-23,32H,1-5,12-17,19H2,(H,31,35). The third-order valence-electron chi connectivity index (χ3n) is 8.39. The fourth-order valence-corrected chi connectivity index (χ4v) is 6.35. The van der Waals surface area contributed by atoms with Crippen molar-refractivity contribution >= 4 is 22.5 Å². The summed E-state index contributed by atoms with van der Waals surface area (Å²) in [5.41, 5.74) is 5.32. The average molecular weight is 475 g/mol. The number of nitrogens with one attached hydrogen (secondary N) is 2. The second-order valence-electron chi connectivity index (χ2n) is 10.6. The Morgan fingerprint density at radius 3 is 2.49 bits per heavy atom. The van der Waals surface area contributed by atoms with Gasteiger partial charge in [-0.15, -0.1) is 0 Å². The Hall–Kier alpha value is -2.86. The summed E-state index contributed by atoms with van der Waals surface area (Å²) in [6, 6.07) is 13.8. The summed E-state index contributed by atoms with van der Waals surface area (Å²) < 4.78 is 13.4. The number of carbonyl (C=O) groups excluding carboxylic acids is 1. The van der Waals surface area contributed by atoms with E-state index in [4.69, 9.17) is 0 Å². The smallest absolute Gasteiger partial charge is 0.251 e. The highest BCUT2D eigenvalue weighted by molar-refractivity contribution is 5.99. The Balaban J connectivity index is 1.13. The first-order valence-corrected chi connectivity index (χ1v) is 13.3. The lowest BCUT2D eigenvalue weighted by atomic mass is 9.92. The Labute approximate surface area is 206 Å². The average Bonchev–Trinajstić information content (AvgIpc) is 3.27. The highest BCUT2D eigenvalue weighted by atomic mass is 19.1. The van der Waals surface area contributed by atoms with E-state index in [2.05, 4.69) is 20.1 Å². The highest BCUT2D eigenvalue weighted by Crippen LogP contribution is 2.31. The number of hydrogen-bond donors (Lipinski definition) is 2. The molecule has 2 fully saturated rings. The number of aromatic nitrogens is 1. The van der Waals surface area contributed by atoms with E-state index in [-0.39, 0.29) is 17.8 Å². The van der Waals surface area contributed by atoms with Crippen molar-refractivity contribution in [1.82, 2.24) is 15.2 Å². The second kappa shape index (κ2) is 9.65. The van der Waals surface area contributed by atoms with Crippen molar-refractivity contribution in [1.29, 1.82) is 0 Å². The van der Waals surface area contributed by atoms with Gasteiger partial charge in [-0.1, -0.05) is 19.3 Å². The van der Waals surface area contributed by atoms with Crippen LogP contribution in [-0.4, -0.2) is 47.5 Å². The molecule has 5 nitrogen and oxygen atoms in total. The Kier molecular flexibility index (Phi) is 6.23. The highest BCUT2D eigenvalue weighted by Gasteiger charge is 2.27. The molecule has 184 valence electrons. The van der Waals surface area contributed by atoms with Crippen LogP contribution in [-0.2, 0) is 13.0 Å². The van der Waals surface area contributed by atoms with Gasteiger partial charge in [0.2, 0.25) is 0 Å². The summed E-state index contributed by atoms with van der Waals surface area (Å²) in [7, 11) is 0. The van der Waals surface area contributed by atoms with Crippen molar-refractivity contribution in [3.05, 3.63) is 65.1 Å². The summed E-state index contributed by atoms with van der Waals surface area (Å²) in [5.74, 6) is -0.182. The number of amides is 1. The van der Waals surface area contributed by atoms with Gasteiger partial charge in [0.1, 0.15) is 5.82 Å². The van der Waals surface area contributed by atoms with Gasteiger partial charge < -0.3 is 20.1 Å². The molecule has 1 aliphatic carbocycles. The van der Waals surface area contributed by atoms with Crippen molar-refractivity contribution in [3.63, 3.8) is 0 Å². The molecule has 2 aromatic carbocycles. The minimum Gasteiger partial charge on any atom is -0.367 e. The topological polar surface area (TPSA) is 51.4 Å². The van der Waals surface area contributed by atoms with E-state index in [1.807, 2.05) is 30.3 Å².